The molecule has 4 rings (SSSR count). The second kappa shape index (κ2) is 6.79. The number of carbonyl (C=O) groups is 3. The summed E-state index contributed by atoms with van der Waals surface area (Å²) < 4.78 is 10.8. The van der Waals surface area contributed by atoms with Crippen molar-refractivity contribution in [3.8, 4) is 0 Å². The molecule has 3 aromatic rings. The Balaban J connectivity index is 1.74. The van der Waals surface area contributed by atoms with Crippen LogP contribution in [0.25, 0.3) is 11.0 Å². The monoisotopic (exact) mass is 398 g/mol. The first-order valence-electron chi connectivity index (χ1n) is 8.80. The van der Waals surface area contributed by atoms with Crippen LogP contribution < -0.4 is 5.32 Å². The molecule has 28 heavy (non-hydrogen) atoms. The van der Waals surface area contributed by atoms with E-state index in [4.69, 9.17) is 9.15 Å². The summed E-state index contributed by atoms with van der Waals surface area (Å²) in [7, 11) is 0. The maximum Gasteiger partial charge on any atom is 0.374 e. The van der Waals surface area contributed by atoms with E-state index in [0.29, 0.717) is 16.5 Å². The highest BCUT2D eigenvalue weighted by molar-refractivity contribution is 7.08. The number of benzene rings is 1. The van der Waals surface area contributed by atoms with Crippen molar-refractivity contribution in [2.24, 2.45) is 0 Å². The lowest BCUT2D eigenvalue weighted by Gasteiger charge is -2.20. The first kappa shape index (κ1) is 18.2. The van der Waals surface area contributed by atoms with Gasteiger partial charge in [-0.2, -0.15) is 11.3 Å². The number of nitrogens with one attached hydrogen (secondary N) is 1. The zero-order valence-electron chi connectivity index (χ0n) is 15.4. The van der Waals surface area contributed by atoms with Crippen LogP contribution in [0.1, 0.15) is 35.5 Å². The minimum atomic E-state index is -1.14. The lowest BCUT2D eigenvalue weighted by molar-refractivity contribution is -0.131. The predicted molar refractivity (Wildman–Crippen MR) is 103 cm³/mol. The Kier molecular flexibility index (Phi) is 4.43. The lowest BCUT2D eigenvalue weighted by atomic mass is 9.95. The second-order valence-corrected chi connectivity index (χ2v) is 7.36. The fourth-order valence-corrected chi connectivity index (χ4v) is 4.13. The number of carbonyl (C=O) groups excluding carboxylic acids is 3. The van der Waals surface area contributed by atoms with Gasteiger partial charge in [0.1, 0.15) is 11.1 Å². The summed E-state index contributed by atoms with van der Waals surface area (Å²) in [5.41, 5.74) is 0.530. The number of para-hydroxylation sites is 1. The van der Waals surface area contributed by atoms with Crippen molar-refractivity contribution in [1.29, 1.82) is 0 Å². The minimum Gasteiger partial charge on any atom is -0.460 e. The van der Waals surface area contributed by atoms with Gasteiger partial charge in [-0.3, -0.25) is 9.69 Å². The maximum atomic E-state index is 13.1. The number of hydrogen-bond donors (Lipinski definition) is 1. The number of thiophene rings is 1. The van der Waals surface area contributed by atoms with Gasteiger partial charge in [-0.05, 0) is 42.3 Å². The van der Waals surface area contributed by atoms with Gasteiger partial charge in [0.25, 0.3) is 5.91 Å². The fourth-order valence-electron chi connectivity index (χ4n) is 3.36. The van der Waals surface area contributed by atoms with Gasteiger partial charge >= 0.3 is 12.0 Å². The van der Waals surface area contributed by atoms with Crippen molar-refractivity contribution in [1.82, 2.24) is 10.2 Å². The Morgan fingerprint density at radius 1 is 1.29 bits per heavy atom. The molecule has 0 aliphatic carbocycles. The lowest BCUT2D eigenvalue weighted by Crippen LogP contribution is -2.40. The molecule has 0 radical (unpaired) electrons. The molecule has 0 saturated carbocycles. The van der Waals surface area contributed by atoms with E-state index < -0.39 is 17.5 Å². The van der Waals surface area contributed by atoms with E-state index in [9.17, 15) is 14.4 Å². The van der Waals surface area contributed by atoms with Gasteiger partial charge in [0.2, 0.25) is 5.76 Å². The van der Waals surface area contributed by atoms with Crippen LogP contribution in [0.15, 0.2) is 45.5 Å². The molecule has 1 fully saturated rings. The number of ether oxygens (including phenoxy) is 1. The first-order chi connectivity index (χ1) is 13.5. The molecule has 1 saturated heterocycles. The number of urea groups is 1. The van der Waals surface area contributed by atoms with E-state index in [-0.39, 0.29) is 24.8 Å². The molecule has 1 aliphatic rings. The third kappa shape index (κ3) is 2.77. The normalized spacial score (nSPS) is 19.3. The summed E-state index contributed by atoms with van der Waals surface area (Å²) >= 11 is 1.45. The number of furan rings is 1. The van der Waals surface area contributed by atoms with Crippen LogP contribution in [-0.4, -0.2) is 29.4 Å². The molecule has 3 amide bonds. The molecule has 144 valence electrons. The molecule has 3 heterocycles. The van der Waals surface area contributed by atoms with E-state index in [1.54, 1.807) is 38.1 Å². The number of esters is 1. The summed E-state index contributed by atoms with van der Waals surface area (Å²) in [6.07, 6.45) is 0. The average Bonchev–Trinajstić information content (AvgIpc) is 3.38. The Labute approximate surface area is 164 Å². The van der Waals surface area contributed by atoms with Crippen LogP contribution in [0.2, 0.25) is 0 Å². The van der Waals surface area contributed by atoms with Gasteiger partial charge in [-0.15, -0.1) is 0 Å². The van der Waals surface area contributed by atoms with Crippen LogP contribution in [0.3, 0.4) is 0 Å². The molecule has 1 aromatic carbocycles. The summed E-state index contributed by atoms with van der Waals surface area (Å²) in [6, 6.07) is 8.39. The smallest absolute Gasteiger partial charge is 0.374 e. The van der Waals surface area contributed by atoms with E-state index in [1.165, 1.54) is 11.3 Å². The molecule has 7 nitrogen and oxygen atoms in total. The van der Waals surface area contributed by atoms with Gasteiger partial charge in [0.05, 0.1) is 13.2 Å². The van der Waals surface area contributed by atoms with Crippen molar-refractivity contribution in [3.63, 3.8) is 0 Å². The van der Waals surface area contributed by atoms with E-state index >= 15 is 0 Å². The Hall–Kier alpha value is -3.13. The number of fused-ring (bicyclic) bond motifs is 1. The van der Waals surface area contributed by atoms with Crippen molar-refractivity contribution in [2.75, 3.05) is 6.61 Å². The van der Waals surface area contributed by atoms with Crippen molar-refractivity contribution < 1.29 is 23.5 Å². The topological polar surface area (TPSA) is 88.8 Å². The molecule has 2 aromatic heterocycles. The van der Waals surface area contributed by atoms with Gasteiger partial charge in [0, 0.05) is 10.9 Å². The molecule has 1 aliphatic heterocycles. The molecular weight excluding hydrogens is 380 g/mol. The Bertz CT molecular complexity index is 1070. The molecule has 0 bridgehead atoms. The molecular formula is C20H18N2O5S. The molecule has 1 N–H and O–H groups in total. The fraction of sp³-hybridized carbons (Fsp3) is 0.250. The summed E-state index contributed by atoms with van der Waals surface area (Å²) in [5.74, 6) is -0.995. The quantitative estimate of drug-likeness (QED) is 0.524. The van der Waals surface area contributed by atoms with Gasteiger partial charge in [0.15, 0.2) is 0 Å². The SMILES string of the molecule is CCOC(=O)c1oc2ccccc2c1CN1C(=O)NC(C)(c2ccsc2)C1=O. The number of nitrogens with zero attached hydrogens (tertiary/aromatic N) is 1. The van der Waals surface area contributed by atoms with Gasteiger partial charge in [-0.25, -0.2) is 9.59 Å². The molecule has 8 heteroatoms. The summed E-state index contributed by atoms with van der Waals surface area (Å²) in [4.78, 5) is 39.2. The number of amides is 3. The van der Waals surface area contributed by atoms with Crippen molar-refractivity contribution >= 4 is 40.2 Å². The third-order valence-corrected chi connectivity index (χ3v) is 5.53. The summed E-state index contributed by atoms with van der Waals surface area (Å²) in [5, 5.41) is 7.11. The zero-order valence-corrected chi connectivity index (χ0v) is 16.2. The number of hydrogen-bond acceptors (Lipinski definition) is 6. The van der Waals surface area contributed by atoms with E-state index in [1.807, 2.05) is 16.8 Å². The van der Waals surface area contributed by atoms with Crippen LogP contribution in [0.4, 0.5) is 4.79 Å². The average molecular weight is 398 g/mol. The van der Waals surface area contributed by atoms with Crippen LogP contribution in [-0.2, 0) is 21.6 Å². The predicted octanol–water partition coefficient (Wildman–Crippen LogP) is 3.64. The molecule has 0 spiro atoms. The third-order valence-electron chi connectivity index (χ3n) is 4.85. The van der Waals surface area contributed by atoms with Crippen LogP contribution in [0, 0.1) is 0 Å². The van der Waals surface area contributed by atoms with Crippen molar-refractivity contribution in [3.05, 3.63) is 58.0 Å². The Morgan fingerprint density at radius 2 is 2.07 bits per heavy atom. The second-order valence-electron chi connectivity index (χ2n) is 6.58. The van der Waals surface area contributed by atoms with Crippen LogP contribution in [0.5, 0.6) is 0 Å². The summed E-state index contributed by atoms with van der Waals surface area (Å²) in [6.45, 7) is 3.48. The van der Waals surface area contributed by atoms with Gasteiger partial charge in [-0.1, -0.05) is 18.2 Å². The van der Waals surface area contributed by atoms with Crippen LogP contribution >= 0.6 is 11.3 Å². The minimum absolute atomic E-state index is 0.00721. The zero-order chi connectivity index (χ0) is 19.9. The highest BCUT2D eigenvalue weighted by Crippen LogP contribution is 2.34. The van der Waals surface area contributed by atoms with E-state index in [2.05, 4.69) is 5.32 Å². The van der Waals surface area contributed by atoms with Crippen molar-refractivity contribution in [2.45, 2.75) is 25.9 Å². The van der Waals surface area contributed by atoms with E-state index in [0.717, 1.165) is 10.5 Å². The Morgan fingerprint density at radius 3 is 2.79 bits per heavy atom. The molecule has 1 unspecified atom stereocenters. The standard InChI is InChI=1S/C20H18N2O5S/c1-3-26-17(23)16-14(13-6-4-5-7-15(13)27-16)10-22-18(24)20(2,21-19(22)25)12-8-9-28-11-12/h4-9,11H,3,10H2,1-2H3,(H,21,25). The highest BCUT2D eigenvalue weighted by atomic mass is 32.1. The highest BCUT2D eigenvalue weighted by Gasteiger charge is 2.49. The largest absolute Gasteiger partial charge is 0.460 e. The van der Waals surface area contributed by atoms with Gasteiger partial charge < -0.3 is 14.5 Å². The number of rotatable bonds is 5. The first-order valence-corrected chi connectivity index (χ1v) is 9.74. The maximum absolute atomic E-state index is 13.1. The molecule has 1 atom stereocenters. The number of imide groups is 1.